The van der Waals surface area contributed by atoms with E-state index in [1.165, 1.54) is 14.0 Å². The number of carbonyl (C=O) groups is 1. The Hall–Kier alpha value is -5.03. The van der Waals surface area contributed by atoms with E-state index in [1.807, 2.05) is 74.5 Å². The molecule has 4 bridgehead atoms. The molecule has 3 N–H and O–H groups in total. The summed E-state index contributed by atoms with van der Waals surface area (Å²) in [5.74, 6) is 0.107. The van der Waals surface area contributed by atoms with E-state index in [-0.39, 0.29) is 42.2 Å². The molecule has 10 nitrogen and oxygen atoms in total. The molecule has 0 saturated carbocycles. The summed E-state index contributed by atoms with van der Waals surface area (Å²) in [7, 11) is 1.50. The summed E-state index contributed by atoms with van der Waals surface area (Å²) in [5.41, 5.74) is 2.31. The van der Waals surface area contributed by atoms with Crippen molar-refractivity contribution in [2.75, 3.05) is 32.4 Å². The van der Waals surface area contributed by atoms with E-state index in [9.17, 15) is 15.0 Å². The van der Waals surface area contributed by atoms with Gasteiger partial charge in [-0.3, -0.25) is 4.79 Å². The molecule has 1 saturated heterocycles. The van der Waals surface area contributed by atoms with E-state index in [0.717, 1.165) is 10.8 Å². The van der Waals surface area contributed by atoms with Crippen LogP contribution < -0.4 is 19.5 Å². The van der Waals surface area contributed by atoms with Crippen molar-refractivity contribution in [2.45, 2.75) is 51.6 Å². The van der Waals surface area contributed by atoms with Crippen molar-refractivity contribution in [3.8, 4) is 51.0 Å². The third kappa shape index (κ3) is 6.42. The summed E-state index contributed by atoms with van der Waals surface area (Å²) in [6.45, 7) is 5.89. The van der Waals surface area contributed by atoms with E-state index < -0.39 is 5.79 Å². The Morgan fingerprint density at radius 2 is 1.41 bits per heavy atom. The number of hydrogen-bond donors (Lipinski definition) is 3. The average molecular weight is 666 g/mol. The maximum Gasteiger partial charge on any atom is 0.221 e. The number of phenolic OH excluding ortho intramolecular Hbond substituents is 2. The van der Waals surface area contributed by atoms with Crippen molar-refractivity contribution in [2.24, 2.45) is 0 Å². The van der Waals surface area contributed by atoms with Crippen LogP contribution in [0.2, 0.25) is 0 Å². The number of anilines is 1. The second-order valence-electron chi connectivity index (χ2n) is 12.8. The normalized spacial score (nSPS) is 18.6. The lowest BCUT2D eigenvalue weighted by atomic mass is 9.88. The molecule has 7 rings (SSSR count). The molecule has 1 fully saturated rings. The maximum absolute atomic E-state index is 12.3. The van der Waals surface area contributed by atoms with Crippen LogP contribution in [0.25, 0.3) is 43.8 Å². The average Bonchev–Trinajstić information content (AvgIpc) is 3.36. The standard InChI is InChI=1S/C39H39NO9/c1-22(41)40-31-8-6-5-7-27(31)30-17-23-9-11-25-19-28(23)35(37(30)42)36-29-20-26(12-10-24(29)18-34(38(36)43)47-21-44-4)46-16-14-33-32(13-15-45-25)48-39(2,3)49-33/h5-12,17-20,32-33,42-43H,13-16,21H2,1-4H3,(H,40,41)/t32-,33-/m1/s1. The molecular weight excluding hydrogens is 626 g/mol. The highest BCUT2D eigenvalue weighted by atomic mass is 16.8. The zero-order valence-electron chi connectivity index (χ0n) is 27.9. The molecule has 2 heterocycles. The number of nitrogens with one attached hydrogen (secondary N) is 1. The van der Waals surface area contributed by atoms with Gasteiger partial charge < -0.3 is 44.0 Å². The highest BCUT2D eigenvalue weighted by Gasteiger charge is 2.41. The summed E-state index contributed by atoms with van der Waals surface area (Å²) < 4.78 is 36.0. The first-order valence-corrected chi connectivity index (χ1v) is 16.3. The van der Waals surface area contributed by atoms with Gasteiger partial charge in [0.2, 0.25) is 5.91 Å². The van der Waals surface area contributed by atoms with Gasteiger partial charge in [0.05, 0.1) is 25.4 Å². The number of benzene rings is 5. The van der Waals surface area contributed by atoms with Gasteiger partial charge in [0.25, 0.3) is 0 Å². The van der Waals surface area contributed by atoms with Gasteiger partial charge >= 0.3 is 0 Å². The third-order valence-corrected chi connectivity index (χ3v) is 8.87. The number of rotatable bonds is 5. The molecule has 5 aromatic carbocycles. The molecule has 0 aromatic heterocycles. The lowest BCUT2D eigenvalue weighted by Crippen LogP contribution is -2.26. The number of aromatic hydroxyl groups is 2. The van der Waals surface area contributed by atoms with Crippen molar-refractivity contribution in [3.63, 3.8) is 0 Å². The van der Waals surface area contributed by atoms with Gasteiger partial charge in [0, 0.05) is 54.8 Å². The largest absolute Gasteiger partial charge is 0.507 e. The fraction of sp³-hybridized carbons (Fsp3) is 0.308. The maximum atomic E-state index is 12.3. The van der Waals surface area contributed by atoms with Gasteiger partial charge in [-0.2, -0.15) is 0 Å². The Morgan fingerprint density at radius 1 is 0.816 bits per heavy atom. The van der Waals surface area contributed by atoms with Crippen LogP contribution >= 0.6 is 0 Å². The predicted molar refractivity (Wildman–Crippen MR) is 187 cm³/mol. The number of hydrogen-bond acceptors (Lipinski definition) is 9. The quantitative estimate of drug-likeness (QED) is 0.162. The number of amides is 1. The number of ether oxygens (including phenoxy) is 6. The second kappa shape index (κ2) is 13.1. The number of phenols is 2. The van der Waals surface area contributed by atoms with E-state index in [0.29, 0.717) is 76.3 Å². The second-order valence-corrected chi connectivity index (χ2v) is 12.8. The minimum atomic E-state index is -0.720. The van der Waals surface area contributed by atoms with Gasteiger partial charge in [-0.05, 0) is 77.9 Å². The summed E-state index contributed by atoms with van der Waals surface area (Å²) in [5, 5.41) is 30.0. The SMILES string of the molecule is COCOc1cc2ccc3cc2c(c1O)-c1c(O)c(-c2ccccc2NC(C)=O)cc2ccc(cc12)OCC[C@H]1OC(C)(C)O[C@@H]1CCO3. The van der Waals surface area contributed by atoms with E-state index in [1.54, 1.807) is 12.1 Å². The molecule has 254 valence electrons. The Balaban J connectivity index is 1.50. The van der Waals surface area contributed by atoms with Crippen LogP contribution in [0.4, 0.5) is 5.69 Å². The van der Waals surface area contributed by atoms with Crippen LogP contribution in [0.5, 0.6) is 28.7 Å². The Labute approximate surface area is 284 Å². The van der Waals surface area contributed by atoms with Crippen LogP contribution in [0.3, 0.4) is 0 Å². The lowest BCUT2D eigenvalue weighted by Gasteiger charge is -2.22. The zero-order chi connectivity index (χ0) is 34.3. The van der Waals surface area contributed by atoms with Crippen LogP contribution in [0.15, 0.2) is 72.8 Å². The molecular formula is C39H39NO9. The van der Waals surface area contributed by atoms with Crippen LogP contribution in [-0.4, -0.2) is 61.2 Å². The van der Waals surface area contributed by atoms with Gasteiger partial charge in [-0.15, -0.1) is 0 Å². The Kier molecular flexibility index (Phi) is 8.70. The first-order chi connectivity index (χ1) is 23.6. The van der Waals surface area contributed by atoms with Crippen molar-refractivity contribution >= 4 is 33.1 Å². The molecule has 2 aliphatic heterocycles. The van der Waals surface area contributed by atoms with Crippen molar-refractivity contribution < 1.29 is 43.4 Å². The number of para-hydroxylation sites is 1. The van der Waals surface area contributed by atoms with E-state index in [4.69, 9.17) is 28.4 Å². The van der Waals surface area contributed by atoms with Crippen molar-refractivity contribution in [3.05, 3.63) is 72.8 Å². The van der Waals surface area contributed by atoms with E-state index in [2.05, 4.69) is 5.32 Å². The molecule has 1 amide bonds. The van der Waals surface area contributed by atoms with Gasteiger partial charge in [-0.25, -0.2) is 0 Å². The molecule has 0 aliphatic carbocycles. The Morgan fingerprint density at radius 3 is 2.02 bits per heavy atom. The smallest absolute Gasteiger partial charge is 0.221 e. The van der Waals surface area contributed by atoms with Gasteiger partial charge in [0.1, 0.15) is 17.2 Å². The van der Waals surface area contributed by atoms with Gasteiger partial charge in [-0.1, -0.05) is 30.3 Å². The number of carbonyl (C=O) groups excluding carboxylic acids is 1. The molecule has 49 heavy (non-hydrogen) atoms. The van der Waals surface area contributed by atoms with Crippen molar-refractivity contribution in [1.82, 2.24) is 0 Å². The Bertz CT molecular complexity index is 2060. The fourth-order valence-electron chi connectivity index (χ4n) is 6.83. The van der Waals surface area contributed by atoms with Crippen LogP contribution in [0, 0.1) is 0 Å². The minimum Gasteiger partial charge on any atom is -0.507 e. The summed E-state index contributed by atoms with van der Waals surface area (Å²) in [4.78, 5) is 12.2. The molecule has 5 aromatic rings. The fourth-order valence-corrected chi connectivity index (χ4v) is 6.83. The summed E-state index contributed by atoms with van der Waals surface area (Å²) >= 11 is 0. The molecule has 2 atom stereocenters. The van der Waals surface area contributed by atoms with Crippen LogP contribution in [-0.2, 0) is 19.0 Å². The highest BCUT2D eigenvalue weighted by molar-refractivity contribution is 6.14. The van der Waals surface area contributed by atoms with Gasteiger partial charge in [0.15, 0.2) is 24.1 Å². The van der Waals surface area contributed by atoms with Crippen LogP contribution in [0.1, 0.15) is 33.6 Å². The van der Waals surface area contributed by atoms with Crippen molar-refractivity contribution in [1.29, 1.82) is 0 Å². The topological polar surface area (TPSA) is 125 Å². The number of methoxy groups -OCH3 is 1. The summed E-state index contributed by atoms with van der Waals surface area (Å²) in [6.07, 6.45) is 0.842. The lowest BCUT2D eigenvalue weighted by molar-refractivity contribution is -0.147. The van der Waals surface area contributed by atoms with E-state index >= 15 is 0 Å². The highest BCUT2D eigenvalue weighted by Crippen LogP contribution is 2.53. The molecule has 0 radical (unpaired) electrons. The molecule has 0 unspecified atom stereocenters. The first-order valence-electron chi connectivity index (χ1n) is 16.3. The number of fused-ring (bicyclic) bond motifs is 4. The predicted octanol–water partition coefficient (Wildman–Crippen LogP) is 7.75. The first kappa shape index (κ1) is 32.5. The zero-order valence-corrected chi connectivity index (χ0v) is 27.9. The summed E-state index contributed by atoms with van der Waals surface area (Å²) in [6, 6.07) is 22.1. The molecule has 0 spiro atoms. The molecule has 10 heteroatoms. The molecule has 2 aliphatic rings. The third-order valence-electron chi connectivity index (χ3n) is 8.87. The minimum absolute atomic E-state index is 0.0979. The monoisotopic (exact) mass is 665 g/mol.